The minimum Gasteiger partial charge on any atom is -0.340 e. The molecule has 1 aliphatic heterocycles. The Morgan fingerprint density at radius 3 is 2.12 bits per heavy atom. The molecule has 4 rings (SSSR count). The van der Waals surface area contributed by atoms with Gasteiger partial charge in [0.1, 0.15) is 0 Å². The molecule has 1 amide bonds. The Morgan fingerprint density at radius 2 is 1.54 bits per heavy atom. The summed E-state index contributed by atoms with van der Waals surface area (Å²) in [6.07, 6.45) is 4.76. The molecule has 5 heteroatoms. The lowest BCUT2D eigenvalue weighted by atomic mass is 9.88. The maximum Gasteiger partial charge on any atom is 0.223 e. The number of carbonyl (C=O) groups excluding carboxylic acids is 1. The fraction of sp³-hybridized carbons (Fsp3) is 0.286. The van der Waals surface area contributed by atoms with Crippen molar-refractivity contribution in [3.05, 3.63) is 84.2 Å². The minimum absolute atomic E-state index is 0.0757. The van der Waals surface area contributed by atoms with Gasteiger partial charge in [0, 0.05) is 25.4 Å². The Hall–Kier alpha value is -2.95. The van der Waals surface area contributed by atoms with Gasteiger partial charge in [-0.1, -0.05) is 60.7 Å². The summed E-state index contributed by atoms with van der Waals surface area (Å²) in [6, 6.07) is 20.7. The Morgan fingerprint density at radius 1 is 0.962 bits per heavy atom. The summed E-state index contributed by atoms with van der Waals surface area (Å²) >= 11 is 0. The topological polar surface area (TPSA) is 51.0 Å². The smallest absolute Gasteiger partial charge is 0.223 e. The molecule has 0 unspecified atom stereocenters. The predicted molar refractivity (Wildman–Crippen MR) is 99.6 cm³/mol. The van der Waals surface area contributed by atoms with Crippen LogP contribution in [0.5, 0.6) is 0 Å². The van der Waals surface area contributed by atoms with Crippen LogP contribution < -0.4 is 0 Å². The van der Waals surface area contributed by atoms with Gasteiger partial charge in [0.15, 0.2) is 0 Å². The molecule has 1 aromatic heterocycles. The van der Waals surface area contributed by atoms with Crippen LogP contribution in [0.4, 0.5) is 0 Å². The van der Waals surface area contributed by atoms with Crippen molar-refractivity contribution in [2.24, 2.45) is 0 Å². The molecule has 5 nitrogen and oxygen atoms in total. The van der Waals surface area contributed by atoms with Crippen molar-refractivity contribution in [3.8, 4) is 0 Å². The van der Waals surface area contributed by atoms with Crippen molar-refractivity contribution in [1.29, 1.82) is 0 Å². The van der Waals surface area contributed by atoms with Gasteiger partial charge in [-0.25, -0.2) is 0 Å². The molecule has 1 atom stereocenters. The van der Waals surface area contributed by atoms with Crippen molar-refractivity contribution in [2.45, 2.75) is 24.8 Å². The SMILES string of the molecule is O=C(CC(c1ccccc1)c1ccccc1)N1CC[C@@H](n2nccn2)C1. The van der Waals surface area contributed by atoms with Gasteiger partial charge in [-0.15, -0.1) is 0 Å². The lowest BCUT2D eigenvalue weighted by Crippen LogP contribution is -2.30. The number of nitrogens with zero attached hydrogens (tertiary/aromatic N) is 4. The predicted octanol–water partition coefficient (Wildman–Crippen LogP) is 3.27. The fourth-order valence-electron chi connectivity index (χ4n) is 3.67. The number of likely N-dealkylation sites (tertiary alicyclic amines) is 1. The van der Waals surface area contributed by atoms with Crippen LogP contribution in [0.2, 0.25) is 0 Å². The van der Waals surface area contributed by atoms with E-state index in [4.69, 9.17) is 0 Å². The summed E-state index contributed by atoms with van der Waals surface area (Å²) in [5, 5.41) is 8.43. The number of aromatic nitrogens is 3. The monoisotopic (exact) mass is 346 g/mol. The largest absolute Gasteiger partial charge is 0.340 e. The molecule has 1 fully saturated rings. The van der Waals surface area contributed by atoms with E-state index in [9.17, 15) is 4.79 Å². The molecule has 0 saturated carbocycles. The van der Waals surface area contributed by atoms with E-state index in [1.807, 2.05) is 41.3 Å². The second-order valence-electron chi connectivity index (χ2n) is 6.71. The number of amides is 1. The van der Waals surface area contributed by atoms with Crippen molar-refractivity contribution >= 4 is 5.91 Å². The van der Waals surface area contributed by atoms with Crippen LogP contribution in [-0.4, -0.2) is 38.9 Å². The van der Waals surface area contributed by atoms with E-state index in [1.165, 1.54) is 11.1 Å². The van der Waals surface area contributed by atoms with Gasteiger partial charge in [-0.2, -0.15) is 15.0 Å². The van der Waals surface area contributed by atoms with E-state index in [0.29, 0.717) is 13.0 Å². The van der Waals surface area contributed by atoms with Crippen LogP contribution in [0.25, 0.3) is 0 Å². The third kappa shape index (κ3) is 3.52. The lowest BCUT2D eigenvalue weighted by molar-refractivity contribution is -0.130. The molecule has 0 bridgehead atoms. The van der Waals surface area contributed by atoms with E-state index < -0.39 is 0 Å². The first kappa shape index (κ1) is 16.5. The first-order chi connectivity index (χ1) is 12.8. The highest BCUT2D eigenvalue weighted by Gasteiger charge is 2.30. The van der Waals surface area contributed by atoms with E-state index >= 15 is 0 Å². The van der Waals surface area contributed by atoms with E-state index in [2.05, 4.69) is 34.5 Å². The Labute approximate surface area is 153 Å². The highest BCUT2D eigenvalue weighted by molar-refractivity contribution is 5.78. The van der Waals surface area contributed by atoms with E-state index in [-0.39, 0.29) is 17.9 Å². The normalized spacial score (nSPS) is 17.0. The molecule has 3 aromatic rings. The molecule has 0 spiro atoms. The van der Waals surface area contributed by atoms with Crippen LogP contribution in [0.3, 0.4) is 0 Å². The van der Waals surface area contributed by atoms with Crippen molar-refractivity contribution in [3.63, 3.8) is 0 Å². The third-order valence-electron chi connectivity index (χ3n) is 5.06. The zero-order chi connectivity index (χ0) is 17.8. The van der Waals surface area contributed by atoms with Gasteiger partial charge in [0.05, 0.1) is 18.4 Å². The molecule has 0 N–H and O–H groups in total. The van der Waals surface area contributed by atoms with Crippen LogP contribution >= 0.6 is 0 Å². The second kappa shape index (κ2) is 7.52. The number of benzene rings is 2. The lowest BCUT2D eigenvalue weighted by Gasteiger charge is -2.22. The average molecular weight is 346 g/mol. The standard InChI is InChI=1S/C21H22N4O/c26-21(24-14-11-19(16-24)25-22-12-13-23-25)15-20(17-7-3-1-4-8-17)18-9-5-2-6-10-18/h1-10,12-13,19-20H,11,14-16H2/t19-/m1/s1. The minimum atomic E-state index is 0.0757. The zero-order valence-electron chi connectivity index (χ0n) is 14.6. The number of hydrogen-bond donors (Lipinski definition) is 0. The third-order valence-corrected chi connectivity index (χ3v) is 5.06. The van der Waals surface area contributed by atoms with Gasteiger partial charge in [0.25, 0.3) is 0 Å². The molecule has 0 aliphatic carbocycles. The van der Waals surface area contributed by atoms with Gasteiger partial charge >= 0.3 is 0 Å². The van der Waals surface area contributed by atoms with Gasteiger partial charge in [-0.05, 0) is 17.5 Å². The molecule has 0 radical (unpaired) electrons. The molecular weight excluding hydrogens is 324 g/mol. The van der Waals surface area contributed by atoms with Crippen LogP contribution in [-0.2, 0) is 4.79 Å². The zero-order valence-corrected chi connectivity index (χ0v) is 14.6. The Bertz CT molecular complexity index is 793. The quantitative estimate of drug-likeness (QED) is 0.712. The van der Waals surface area contributed by atoms with Gasteiger partial charge < -0.3 is 4.90 Å². The van der Waals surface area contributed by atoms with E-state index in [1.54, 1.807) is 17.2 Å². The Kier molecular flexibility index (Phi) is 4.78. The number of carbonyl (C=O) groups is 1. The van der Waals surface area contributed by atoms with Gasteiger partial charge in [-0.3, -0.25) is 4.79 Å². The molecule has 1 saturated heterocycles. The number of rotatable bonds is 5. The molecule has 2 aromatic carbocycles. The maximum atomic E-state index is 13.0. The summed E-state index contributed by atoms with van der Waals surface area (Å²) in [7, 11) is 0. The highest BCUT2D eigenvalue weighted by atomic mass is 16.2. The van der Waals surface area contributed by atoms with Gasteiger partial charge in [0.2, 0.25) is 5.91 Å². The van der Waals surface area contributed by atoms with Crippen LogP contribution in [0, 0.1) is 0 Å². The second-order valence-corrected chi connectivity index (χ2v) is 6.71. The summed E-state index contributed by atoms with van der Waals surface area (Å²) in [5.41, 5.74) is 2.35. The molecule has 26 heavy (non-hydrogen) atoms. The summed E-state index contributed by atoms with van der Waals surface area (Å²) < 4.78 is 0. The summed E-state index contributed by atoms with van der Waals surface area (Å²) in [6.45, 7) is 1.45. The highest BCUT2D eigenvalue weighted by Crippen LogP contribution is 2.30. The number of hydrogen-bond acceptors (Lipinski definition) is 3. The fourth-order valence-corrected chi connectivity index (χ4v) is 3.67. The molecular formula is C21H22N4O. The van der Waals surface area contributed by atoms with Crippen molar-refractivity contribution < 1.29 is 4.79 Å². The van der Waals surface area contributed by atoms with Crippen molar-refractivity contribution in [1.82, 2.24) is 19.9 Å². The molecule has 132 valence electrons. The summed E-state index contributed by atoms with van der Waals surface area (Å²) in [4.78, 5) is 16.7. The Balaban J connectivity index is 1.50. The first-order valence-corrected chi connectivity index (χ1v) is 9.05. The average Bonchev–Trinajstić information content (AvgIpc) is 3.39. The van der Waals surface area contributed by atoms with E-state index in [0.717, 1.165) is 13.0 Å². The van der Waals surface area contributed by atoms with Crippen LogP contribution in [0.15, 0.2) is 73.1 Å². The van der Waals surface area contributed by atoms with Crippen LogP contribution in [0.1, 0.15) is 35.9 Å². The molecule has 1 aliphatic rings. The summed E-state index contributed by atoms with van der Waals surface area (Å²) in [5.74, 6) is 0.268. The first-order valence-electron chi connectivity index (χ1n) is 9.05. The molecule has 2 heterocycles. The maximum absolute atomic E-state index is 13.0. The van der Waals surface area contributed by atoms with Crippen molar-refractivity contribution in [2.75, 3.05) is 13.1 Å².